The molecule has 1 saturated carbocycles. The zero-order chi connectivity index (χ0) is 12.3. The van der Waals surface area contributed by atoms with E-state index in [2.05, 4.69) is 10.3 Å². The Bertz CT molecular complexity index is 417. The molecule has 0 spiro atoms. The third-order valence-electron chi connectivity index (χ3n) is 3.01. The number of nitrogens with one attached hydrogen (secondary N) is 1. The molecule has 1 heterocycles. The standard InChI is InChI=1S/C12H15ClN2O2/c13-9-3-6-14-10(7-9)15-11(16)8-12(17)4-1-2-5-12/h3,6-7,17H,1-2,4-5,8H2,(H,14,15,16). The monoisotopic (exact) mass is 254 g/mol. The highest BCUT2D eigenvalue weighted by Crippen LogP contribution is 2.32. The van der Waals surface area contributed by atoms with Crippen LogP contribution in [0.4, 0.5) is 5.82 Å². The minimum absolute atomic E-state index is 0.126. The Balaban J connectivity index is 1.93. The van der Waals surface area contributed by atoms with Crippen LogP contribution in [0.5, 0.6) is 0 Å². The highest BCUT2D eigenvalue weighted by molar-refractivity contribution is 6.30. The summed E-state index contributed by atoms with van der Waals surface area (Å²) in [4.78, 5) is 15.7. The van der Waals surface area contributed by atoms with E-state index < -0.39 is 5.60 Å². The largest absolute Gasteiger partial charge is 0.389 e. The maximum absolute atomic E-state index is 11.7. The Kier molecular flexibility index (Phi) is 3.64. The number of rotatable bonds is 3. The first kappa shape index (κ1) is 12.3. The topological polar surface area (TPSA) is 62.2 Å². The van der Waals surface area contributed by atoms with Crippen molar-refractivity contribution < 1.29 is 9.90 Å². The van der Waals surface area contributed by atoms with E-state index in [0.717, 1.165) is 12.8 Å². The normalized spacial score (nSPS) is 18.0. The lowest BCUT2D eigenvalue weighted by molar-refractivity contribution is -0.120. The minimum atomic E-state index is -0.831. The molecule has 92 valence electrons. The molecule has 1 aromatic rings. The van der Waals surface area contributed by atoms with Gasteiger partial charge in [-0.15, -0.1) is 0 Å². The van der Waals surface area contributed by atoms with Gasteiger partial charge in [-0.3, -0.25) is 4.79 Å². The van der Waals surface area contributed by atoms with Gasteiger partial charge in [0.15, 0.2) is 0 Å². The van der Waals surface area contributed by atoms with Crippen molar-refractivity contribution in [2.75, 3.05) is 5.32 Å². The van der Waals surface area contributed by atoms with E-state index in [4.69, 9.17) is 11.6 Å². The van der Waals surface area contributed by atoms with Crippen molar-refractivity contribution >= 4 is 23.3 Å². The predicted octanol–water partition coefficient (Wildman–Crippen LogP) is 2.37. The van der Waals surface area contributed by atoms with E-state index in [1.54, 1.807) is 12.1 Å². The summed E-state index contributed by atoms with van der Waals surface area (Å²) in [5.74, 6) is 0.202. The lowest BCUT2D eigenvalue weighted by atomic mass is 9.98. The van der Waals surface area contributed by atoms with E-state index in [-0.39, 0.29) is 12.3 Å². The molecule has 4 nitrogen and oxygen atoms in total. The molecule has 0 bridgehead atoms. The van der Waals surface area contributed by atoms with E-state index in [1.165, 1.54) is 6.20 Å². The minimum Gasteiger partial charge on any atom is -0.389 e. The molecule has 1 aliphatic rings. The molecule has 0 radical (unpaired) electrons. The van der Waals surface area contributed by atoms with Crippen LogP contribution in [0.15, 0.2) is 18.3 Å². The molecule has 5 heteroatoms. The number of anilines is 1. The Labute approximate surface area is 105 Å². The number of hydrogen-bond acceptors (Lipinski definition) is 3. The van der Waals surface area contributed by atoms with E-state index in [0.29, 0.717) is 23.7 Å². The van der Waals surface area contributed by atoms with Crippen molar-refractivity contribution in [1.29, 1.82) is 0 Å². The van der Waals surface area contributed by atoms with Gasteiger partial charge in [0.05, 0.1) is 12.0 Å². The maximum Gasteiger partial charge on any atom is 0.228 e. The fourth-order valence-electron chi connectivity index (χ4n) is 2.17. The van der Waals surface area contributed by atoms with Crippen LogP contribution < -0.4 is 5.32 Å². The van der Waals surface area contributed by atoms with Crippen LogP contribution in [-0.2, 0) is 4.79 Å². The van der Waals surface area contributed by atoms with Gasteiger partial charge in [0.25, 0.3) is 0 Å². The third kappa shape index (κ3) is 3.41. The van der Waals surface area contributed by atoms with Crippen molar-refractivity contribution in [2.45, 2.75) is 37.7 Å². The number of amides is 1. The van der Waals surface area contributed by atoms with Gasteiger partial charge < -0.3 is 10.4 Å². The van der Waals surface area contributed by atoms with Gasteiger partial charge in [-0.25, -0.2) is 4.98 Å². The summed E-state index contributed by atoms with van der Waals surface area (Å²) in [6.45, 7) is 0. The van der Waals surface area contributed by atoms with Crippen LogP contribution in [0.3, 0.4) is 0 Å². The predicted molar refractivity (Wildman–Crippen MR) is 65.9 cm³/mol. The van der Waals surface area contributed by atoms with Gasteiger partial charge in [0.2, 0.25) is 5.91 Å². The van der Waals surface area contributed by atoms with Gasteiger partial charge in [-0.05, 0) is 25.0 Å². The highest BCUT2D eigenvalue weighted by Gasteiger charge is 2.33. The first-order valence-electron chi connectivity index (χ1n) is 5.71. The zero-order valence-electron chi connectivity index (χ0n) is 9.45. The number of pyridine rings is 1. The van der Waals surface area contributed by atoms with E-state index in [9.17, 15) is 9.90 Å². The molecule has 1 fully saturated rings. The quantitative estimate of drug-likeness (QED) is 0.871. The first-order chi connectivity index (χ1) is 8.07. The Hall–Kier alpha value is -1.13. The van der Waals surface area contributed by atoms with E-state index in [1.807, 2.05) is 0 Å². The Morgan fingerprint density at radius 2 is 2.24 bits per heavy atom. The summed E-state index contributed by atoms with van der Waals surface area (Å²) in [5, 5.41) is 13.3. The summed E-state index contributed by atoms with van der Waals surface area (Å²) in [6.07, 6.45) is 5.02. The van der Waals surface area contributed by atoms with Crippen molar-refractivity contribution in [3.05, 3.63) is 23.4 Å². The van der Waals surface area contributed by atoms with Crippen LogP contribution >= 0.6 is 11.6 Å². The molecule has 1 aromatic heterocycles. The first-order valence-corrected chi connectivity index (χ1v) is 6.09. The van der Waals surface area contributed by atoms with Gasteiger partial charge in [0.1, 0.15) is 5.82 Å². The summed E-state index contributed by atoms with van der Waals surface area (Å²) < 4.78 is 0. The van der Waals surface area contributed by atoms with Crippen LogP contribution in [0, 0.1) is 0 Å². The van der Waals surface area contributed by atoms with Crippen LogP contribution in [0.25, 0.3) is 0 Å². The van der Waals surface area contributed by atoms with Gasteiger partial charge in [-0.2, -0.15) is 0 Å². The molecular formula is C12H15ClN2O2. The van der Waals surface area contributed by atoms with Crippen LogP contribution in [0.1, 0.15) is 32.1 Å². The lowest BCUT2D eigenvalue weighted by Crippen LogP contribution is -2.30. The summed E-state index contributed by atoms with van der Waals surface area (Å²) in [6, 6.07) is 3.22. The number of aliphatic hydroxyl groups is 1. The molecule has 0 unspecified atom stereocenters. The number of carbonyl (C=O) groups is 1. The van der Waals surface area contributed by atoms with Gasteiger partial charge in [0, 0.05) is 11.2 Å². The number of hydrogen-bond donors (Lipinski definition) is 2. The summed E-state index contributed by atoms with van der Waals surface area (Å²) in [7, 11) is 0. The number of halogens is 1. The zero-order valence-corrected chi connectivity index (χ0v) is 10.2. The van der Waals surface area contributed by atoms with Crippen LogP contribution in [0.2, 0.25) is 5.02 Å². The lowest BCUT2D eigenvalue weighted by Gasteiger charge is -2.20. The molecule has 2 N–H and O–H groups in total. The van der Waals surface area contributed by atoms with Gasteiger partial charge >= 0.3 is 0 Å². The van der Waals surface area contributed by atoms with Crippen molar-refractivity contribution in [3.63, 3.8) is 0 Å². The highest BCUT2D eigenvalue weighted by atomic mass is 35.5. The van der Waals surface area contributed by atoms with E-state index >= 15 is 0 Å². The van der Waals surface area contributed by atoms with Crippen molar-refractivity contribution in [3.8, 4) is 0 Å². The molecule has 0 aliphatic heterocycles. The Morgan fingerprint density at radius 3 is 2.88 bits per heavy atom. The second-order valence-corrected chi connectivity index (χ2v) is 4.95. The molecule has 0 aromatic carbocycles. The SMILES string of the molecule is O=C(CC1(O)CCCC1)Nc1cc(Cl)ccn1. The molecule has 17 heavy (non-hydrogen) atoms. The smallest absolute Gasteiger partial charge is 0.228 e. The average molecular weight is 255 g/mol. The number of nitrogens with zero attached hydrogens (tertiary/aromatic N) is 1. The van der Waals surface area contributed by atoms with Crippen molar-refractivity contribution in [2.24, 2.45) is 0 Å². The fraction of sp³-hybridized carbons (Fsp3) is 0.500. The molecule has 0 saturated heterocycles. The number of aromatic nitrogens is 1. The average Bonchev–Trinajstić information content (AvgIpc) is 2.64. The Morgan fingerprint density at radius 1 is 1.53 bits per heavy atom. The maximum atomic E-state index is 11.7. The van der Waals surface area contributed by atoms with Gasteiger partial charge in [-0.1, -0.05) is 24.4 Å². The molecular weight excluding hydrogens is 240 g/mol. The second kappa shape index (κ2) is 5.02. The van der Waals surface area contributed by atoms with Crippen LogP contribution in [-0.4, -0.2) is 21.6 Å². The molecule has 0 atom stereocenters. The summed E-state index contributed by atoms with van der Waals surface area (Å²) in [5.41, 5.74) is -0.831. The summed E-state index contributed by atoms with van der Waals surface area (Å²) >= 11 is 5.79. The second-order valence-electron chi connectivity index (χ2n) is 4.52. The molecule has 1 amide bonds. The van der Waals surface area contributed by atoms with Crippen molar-refractivity contribution in [1.82, 2.24) is 4.98 Å². The molecule has 2 rings (SSSR count). The fourth-order valence-corrected chi connectivity index (χ4v) is 2.33. The number of carbonyl (C=O) groups excluding carboxylic acids is 1. The molecule has 1 aliphatic carbocycles. The third-order valence-corrected chi connectivity index (χ3v) is 3.25.